The van der Waals surface area contributed by atoms with Crippen LogP contribution >= 0.6 is 0 Å². The normalized spacial score (nSPS) is 10.9. The summed E-state index contributed by atoms with van der Waals surface area (Å²) in [5.41, 5.74) is 10.2. The predicted molar refractivity (Wildman–Crippen MR) is 125 cm³/mol. The Morgan fingerprint density at radius 3 is 2.69 bits per heavy atom. The van der Waals surface area contributed by atoms with Crippen LogP contribution in [0.1, 0.15) is 24.1 Å². The van der Waals surface area contributed by atoms with E-state index in [2.05, 4.69) is 20.3 Å². The smallest absolute Gasteiger partial charge is 0.222 e. The molecule has 0 fully saturated rings. The monoisotopic (exact) mass is 427 g/mol. The van der Waals surface area contributed by atoms with Crippen LogP contribution < -0.4 is 11.1 Å². The summed E-state index contributed by atoms with van der Waals surface area (Å²) in [5.74, 6) is 0.460. The number of aromatic nitrogens is 4. The number of anilines is 1. The number of carbonyl (C=O) groups is 1. The maximum atomic E-state index is 11.8. The zero-order chi connectivity index (χ0) is 22.3. The number of nitrogens with zero attached hydrogens (tertiary/aromatic N) is 4. The maximum Gasteiger partial charge on any atom is 0.222 e. The Hall–Kier alpha value is -4.07. The number of aryl methyl sites for hydroxylation is 1. The highest BCUT2D eigenvalue weighted by molar-refractivity contribution is 5.98. The van der Waals surface area contributed by atoms with Crippen molar-refractivity contribution in [3.8, 4) is 11.1 Å². The number of pyridine rings is 1. The first-order valence-electron chi connectivity index (χ1n) is 10.5. The third-order valence-electron chi connectivity index (χ3n) is 5.07. The van der Waals surface area contributed by atoms with E-state index in [9.17, 15) is 4.79 Å². The van der Waals surface area contributed by atoms with Gasteiger partial charge in [0.05, 0.1) is 18.0 Å². The zero-order valence-corrected chi connectivity index (χ0v) is 17.7. The molecule has 8 heteroatoms. The third kappa shape index (κ3) is 5.54. The van der Waals surface area contributed by atoms with E-state index >= 15 is 0 Å². The highest BCUT2D eigenvalue weighted by Gasteiger charge is 2.07. The summed E-state index contributed by atoms with van der Waals surface area (Å²) >= 11 is 0. The lowest BCUT2D eigenvalue weighted by Crippen LogP contribution is -2.15. The first-order valence-corrected chi connectivity index (χ1v) is 10.5. The minimum Gasteiger partial charge on any atom is -0.387 e. The molecule has 0 amide bonds. The molecule has 3 aromatic heterocycles. The Kier molecular flexibility index (Phi) is 6.50. The molecule has 32 heavy (non-hydrogen) atoms. The Morgan fingerprint density at radius 2 is 1.91 bits per heavy atom. The second-order valence-electron chi connectivity index (χ2n) is 7.61. The molecule has 8 nitrogen and oxygen atoms in total. The molecule has 0 aliphatic carbocycles. The Morgan fingerprint density at radius 1 is 1.06 bits per heavy atom. The average Bonchev–Trinajstić information content (AvgIpc) is 3.21. The van der Waals surface area contributed by atoms with E-state index in [-0.39, 0.29) is 18.0 Å². The first-order chi connectivity index (χ1) is 15.6. The van der Waals surface area contributed by atoms with Crippen molar-refractivity contribution in [2.45, 2.75) is 25.7 Å². The lowest BCUT2D eigenvalue weighted by Gasteiger charge is -2.07. The van der Waals surface area contributed by atoms with Gasteiger partial charge in [-0.2, -0.15) is 0 Å². The molecule has 0 bridgehead atoms. The quantitative estimate of drug-likeness (QED) is 0.264. The van der Waals surface area contributed by atoms with Crippen LogP contribution in [-0.4, -0.2) is 37.5 Å². The largest absolute Gasteiger partial charge is 0.387 e. The molecule has 0 spiro atoms. The predicted octanol–water partition coefficient (Wildman–Crippen LogP) is 3.27. The molecular formula is C24H25N7O. The van der Waals surface area contributed by atoms with Gasteiger partial charge in [-0.3, -0.25) is 10.2 Å². The topological polar surface area (TPSA) is 122 Å². The van der Waals surface area contributed by atoms with Crippen LogP contribution in [0.5, 0.6) is 0 Å². The van der Waals surface area contributed by atoms with E-state index in [4.69, 9.17) is 11.1 Å². The van der Waals surface area contributed by atoms with Crippen molar-refractivity contribution in [1.82, 2.24) is 19.4 Å². The summed E-state index contributed by atoms with van der Waals surface area (Å²) in [4.78, 5) is 25.2. The second-order valence-corrected chi connectivity index (χ2v) is 7.61. The number of hydrogen-bond donors (Lipinski definition) is 3. The Labute approximate surface area is 186 Å². The number of amidine groups is 1. The van der Waals surface area contributed by atoms with Crippen molar-refractivity contribution in [1.29, 1.82) is 5.41 Å². The number of benzene rings is 1. The number of ketones is 1. The lowest BCUT2D eigenvalue weighted by molar-refractivity contribution is -0.117. The van der Waals surface area contributed by atoms with Crippen molar-refractivity contribution < 1.29 is 4.79 Å². The fourth-order valence-corrected chi connectivity index (χ4v) is 3.47. The van der Waals surface area contributed by atoms with E-state index in [1.807, 2.05) is 59.3 Å². The number of carbonyl (C=O) groups excluding carboxylic acids is 1. The van der Waals surface area contributed by atoms with Crippen LogP contribution in [0.15, 0.2) is 67.3 Å². The molecule has 3 heterocycles. The summed E-state index contributed by atoms with van der Waals surface area (Å²) in [6.45, 7) is 0.688. The molecule has 1 aromatic carbocycles. The number of fused-ring (bicyclic) bond motifs is 1. The van der Waals surface area contributed by atoms with Crippen LogP contribution in [0, 0.1) is 5.41 Å². The summed E-state index contributed by atoms with van der Waals surface area (Å²) in [6, 6.07) is 13.9. The number of hydrogen-bond acceptors (Lipinski definition) is 6. The summed E-state index contributed by atoms with van der Waals surface area (Å²) in [5, 5.41) is 10.5. The molecule has 0 aliphatic heterocycles. The van der Waals surface area contributed by atoms with Crippen LogP contribution in [-0.2, 0) is 17.6 Å². The van der Waals surface area contributed by atoms with Gasteiger partial charge in [-0.05, 0) is 29.7 Å². The maximum absolute atomic E-state index is 11.8. The molecule has 0 atom stereocenters. The molecule has 4 aromatic rings. The van der Waals surface area contributed by atoms with Gasteiger partial charge in [0.2, 0.25) is 5.95 Å². The SMILES string of the molecule is N=C(N)CC(=O)CCc1cccc(-c2cnc(NCCc3cn4ccccc4n3)nc2)c1. The minimum atomic E-state index is -0.0899. The molecule has 4 rings (SSSR count). The van der Waals surface area contributed by atoms with Gasteiger partial charge < -0.3 is 15.5 Å². The van der Waals surface area contributed by atoms with E-state index in [1.54, 1.807) is 12.4 Å². The van der Waals surface area contributed by atoms with Crippen LogP contribution in [0.25, 0.3) is 16.8 Å². The van der Waals surface area contributed by atoms with Crippen LogP contribution in [0.2, 0.25) is 0 Å². The van der Waals surface area contributed by atoms with E-state index < -0.39 is 0 Å². The number of imidazole rings is 1. The summed E-state index contributed by atoms with van der Waals surface area (Å²) < 4.78 is 2.01. The third-order valence-corrected chi connectivity index (χ3v) is 5.07. The lowest BCUT2D eigenvalue weighted by atomic mass is 10.0. The molecule has 0 saturated heterocycles. The van der Waals surface area contributed by atoms with Crippen molar-refractivity contribution in [2.24, 2.45) is 5.73 Å². The molecule has 0 unspecified atom stereocenters. The highest BCUT2D eigenvalue weighted by Crippen LogP contribution is 2.20. The van der Waals surface area contributed by atoms with Gasteiger partial charge in [0.1, 0.15) is 11.4 Å². The first kappa shape index (κ1) is 21.2. The zero-order valence-electron chi connectivity index (χ0n) is 17.7. The number of Topliss-reactive ketones (excluding diaryl/α,β-unsaturated/α-hetero) is 1. The van der Waals surface area contributed by atoms with Gasteiger partial charge in [0, 0.05) is 49.7 Å². The molecule has 0 radical (unpaired) electrons. The molecule has 0 aliphatic rings. The Bertz CT molecular complexity index is 1200. The van der Waals surface area contributed by atoms with Crippen molar-refractivity contribution in [2.75, 3.05) is 11.9 Å². The van der Waals surface area contributed by atoms with Gasteiger partial charge in [-0.25, -0.2) is 15.0 Å². The number of rotatable bonds is 10. The van der Waals surface area contributed by atoms with Gasteiger partial charge in [-0.1, -0.05) is 30.3 Å². The van der Waals surface area contributed by atoms with Crippen LogP contribution in [0.4, 0.5) is 5.95 Å². The molecule has 4 N–H and O–H groups in total. The van der Waals surface area contributed by atoms with Gasteiger partial charge >= 0.3 is 0 Å². The Balaban J connectivity index is 1.32. The van der Waals surface area contributed by atoms with Crippen LogP contribution in [0.3, 0.4) is 0 Å². The minimum absolute atomic E-state index is 0.0130. The highest BCUT2D eigenvalue weighted by atomic mass is 16.1. The fourth-order valence-electron chi connectivity index (χ4n) is 3.47. The number of nitrogens with two attached hydrogens (primary N) is 1. The fraction of sp³-hybridized carbons (Fsp3) is 0.208. The standard InChI is InChI=1S/C24H25N7O/c25-22(26)13-21(32)8-7-17-4-3-5-18(12-17)19-14-28-24(29-15-19)27-10-9-20-16-31-11-2-1-6-23(31)30-20/h1-6,11-12,14-16H,7-10,13H2,(H3,25,26)(H,27,28,29). The van der Waals surface area contributed by atoms with E-state index in [0.717, 1.165) is 34.5 Å². The summed E-state index contributed by atoms with van der Waals surface area (Å²) in [6.07, 6.45) is 9.37. The van der Waals surface area contributed by atoms with Crippen molar-refractivity contribution in [3.05, 3.63) is 78.5 Å². The molecule has 162 valence electrons. The molecule has 0 saturated carbocycles. The van der Waals surface area contributed by atoms with Gasteiger partial charge in [-0.15, -0.1) is 0 Å². The second kappa shape index (κ2) is 9.82. The average molecular weight is 428 g/mol. The summed E-state index contributed by atoms with van der Waals surface area (Å²) in [7, 11) is 0. The van der Waals surface area contributed by atoms with Gasteiger partial charge in [0.15, 0.2) is 0 Å². The van der Waals surface area contributed by atoms with Crippen molar-refractivity contribution >= 4 is 23.2 Å². The van der Waals surface area contributed by atoms with E-state index in [1.165, 1.54) is 0 Å². The molecular weight excluding hydrogens is 402 g/mol. The number of nitrogens with one attached hydrogen (secondary N) is 2. The van der Waals surface area contributed by atoms with E-state index in [0.29, 0.717) is 25.3 Å². The van der Waals surface area contributed by atoms with Gasteiger partial charge in [0.25, 0.3) is 0 Å². The van der Waals surface area contributed by atoms with Crippen molar-refractivity contribution in [3.63, 3.8) is 0 Å².